The van der Waals surface area contributed by atoms with E-state index in [9.17, 15) is 35.9 Å². The fourth-order valence-corrected chi connectivity index (χ4v) is 10.7. The number of hydrogen-bond donors (Lipinski definition) is 0. The zero-order valence-corrected chi connectivity index (χ0v) is 38.9. The topological polar surface area (TPSA) is 104 Å². The molecule has 0 spiro atoms. The van der Waals surface area contributed by atoms with Crippen LogP contribution in [0.5, 0.6) is 11.8 Å². The van der Waals surface area contributed by atoms with E-state index in [4.69, 9.17) is 9.47 Å². The second kappa shape index (κ2) is 22.0. The minimum absolute atomic E-state index is 0.0276. The summed E-state index contributed by atoms with van der Waals surface area (Å²) in [5.41, 5.74) is 1.77. The van der Waals surface area contributed by atoms with Crippen molar-refractivity contribution in [3.63, 3.8) is 0 Å². The van der Waals surface area contributed by atoms with E-state index in [1.807, 2.05) is 12.1 Å². The predicted molar refractivity (Wildman–Crippen MR) is 250 cm³/mol. The Bertz CT molecular complexity index is 2460. The van der Waals surface area contributed by atoms with Crippen molar-refractivity contribution in [1.29, 1.82) is 0 Å². The number of fused-ring (bicyclic) bond motifs is 2. The average Bonchev–Trinajstić information content (AvgIpc) is 3.36. The van der Waals surface area contributed by atoms with Crippen LogP contribution in [0.15, 0.2) is 97.6 Å². The minimum Gasteiger partial charge on any atom is -0.481 e. The number of nitrogens with zero attached hydrogens (tertiary/aromatic N) is 4. The molecule has 0 aliphatic heterocycles. The summed E-state index contributed by atoms with van der Waals surface area (Å²) in [7, 11) is 3.08. The number of Topliss-reactive ketones (excluding diaryl/α,β-unsaturated/α-hetero) is 2. The molecule has 14 heteroatoms. The Morgan fingerprint density at radius 1 is 0.544 bits per heavy atom. The molecule has 2 fully saturated rings. The van der Waals surface area contributed by atoms with Crippen LogP contribution in [0.1, 0.15) is 146 Å². The maximum Gasteiger partial charge on any atom is 0.418 e. The van der Waals surface area contributed by atoms with E-state index in [1.54, 1.807) is 48.8 Å². The van der Waals surface area contributed by atoms with E-state index in [0.29, 0.717) is 58.3 Å². The number of methoxy groups -OCH3 is 2. The van der Waals surface area contributed by atoms with Gasteiger partial charge in [0.05, 0.1) is 36.4 Å². The van der Waals surface area contributed by atoms with Crippen molar-refractivity contribution in [3.8, 4) is 11.8 Å². The van der Waals surface area contributed by atoms with Crippen LogP contribution < -0.4 is 9.47 Å². The van der Waals surface area contributed by atoms with Gasteiger partial charge in [0.25, 0.3) is 0 Å². The number of hydrogen-bond acceptors (Lipinski definition) is 8. The molecule has 6 aromatic rings. The molecule has 360 valence electrons. The summed E-state index contributed by atoms with van der Waals surface area (Å²) in [6.45, 7) is 4.23. The summed E-state index contributed by atoms with van der Waals surface area (Å²) < 4.78 is 90.9. The van der Waals surface area contributed by atoms with Crippen LogP contribution in [-0.2, 0) is 12.4 Å². The number of carbonyl (C=O) groups is 2. The van der Waals surface area contributed by atoms with Gasteiger partial charge in [-0.15, -0.1) is 0 Å². The van der Waals surface area contributed by atoms with Crippen molar-refractivity contribution >= 4 is 33.4 Å². The van der Waals surface area contributed by atoms with Gasteiger partial charge < -0.3 is 9.47 Å². The summed E-state index contributed by atoms with van der Waals surface area (Å²) in [6, 6.07) is 19.2. The number of para-hydroxylation sites is 2. The molecule has 4 aromatic heterocycles. The van der Waals surface area contributed by atoms with E-state index >= 15 is 0 Å². The molecule has 0 unspecified atom stereocenters. The van der Waals surface area contributed by atoms with Crippen LogP contribution in [0, 0.1) is 23.7 Å². The van der Waals surface area contributed by atoms with Crippen molar-refractivity contribution in [2.24, 2.45) is 23.7 Å². The van der Waals surface area contributed by atoms with Gasteiger partial charge in [0, 0.05) is 71.7 Å². The number of halogens is 6. The third-order valence-electron chi connectivity index (χ3n) is 14.5. The fraction of sp³-hybridized carbons (Fsp3) is 0.444. The lowest BCUT2D eigenvalue weighted by molar-refractivity contribution is -0.137. The second-order valence-electron chi connectivity index (χ2n) is 18.2. The van der Waals surface area contributed by atoms with Gasteiger partial charge in [-0.25, -0.2) is 9.97 Å². The third kappa shape index (κ3) is 11.7. The van der Waals surface area contributed by atoms with Crippen molar-refractivity contribution < 1.29 is 45.4 Å². The smallest absolute Gasteiger partial charge is 0.418 e. The predicted octanol–water partition coefficient (Wildman–Crippen LogP) is 14.5. The maximum absolute atomic E-state index is 13.5. The highest BCUT2D eigenvalue weighted by molar-refractivity contribution is 5.96. The van der Waals surface area contributed by atoms with E-state index in [1.165, 1.54) is 38.7 Å². The first-order valence-corrected chi connectivity index (χ1v) is 23.6. The largest absolute Gasteiger partial charge is 0.481 e. The molecule has 0 amide bonds. The number of rotatable bonds is 14. The van der Waals surface area contributed by atoms with Gasteiger partial charge >= 0.3 is 12.4 Å². The average molecular weight is 941 g/mol. The lowest BCUT2D eigenvalue weighted by atomic mass is 9.71. The van der Waals surface area contributed by atoms with E-state index in [2.05, 4.69) is 33.8 Å². The van der Waals surface area contributed by atoms with Crippen molar-refractivity contribution in [1.82, 2.24) is 19.9 Å². The molecule has 0 saturated heterocycles. The minimum atomic E-state index is -4.43. The molecule has 2 saturated carbocycles. The molecule has 8 rings (SSSR count). The quantitative estimate of drug-likeness (QED) is 0.0786. The molecular weight excluding hydrogens is 883 g/mol. The lowest BCUT2D eigenvalue weighted by Gasteiger charge is -2.34. The Morgan fingerprint density at radius 2 is 0.926 bits per heavy atom. The Balaban J connectivity index is 0.000000201. The highest BCUT2D eigenvalue weighted by Crippen LogP contribution is 2.46. The zero-order chi connectivity index (χ0) is 48.6. The van der Waals surface area contributed by atoms with Gasteiger partial charge in [0.15, 0.2) is 11.6 Å². The molecule has 4 heterocycles. The van der Waals surface area contributed by atoms with Gasteiger partial charge in [-0.1, -0.05) is 51.0 Å². The number of ketones is 2. The normalized spacial score (nSPS) is 19.7. The Labute approximate surface area is 393 Å². The summed E-state index contributed by atoms with van der Waals surface area (Å²) in [4.78, 5) is 42.0. The van der Waals surface area contributed by atoms with Crippen LogP contribution in [0.3, 0.4) is 0 Å². The van der Waals surface area contributed by atoms with Gasteiger partial charge in [-0.05, 0) is 134 Å². The lowest BCUT2D eigenvalue weighted by Crippen LogP contribution is -2.23. The highest BCUT2D eigenvalue weighted by Gasteiger charge is 2.36. The van der Waals surface area contributed by atoms with E-state index < -0.39 is 23.5 Å². The van der Waals surface area contributed by atoms with Crippen LogP contribution in [0.25, 0.3) is 21.8 Å². The van der Waals surface area contributed by atoms with Crippen LogP contribution in [-0.4, -0.2) is 45.7 Å². The van der Waals surface area contributed by atoms with Crippen molar-refractivity contribution in [3.05, 3.63) is 131 Å². The SMILES string of the molecule is CC[C@@H](CC(=O)c1ccc(OC)nc1)C1CCC(c2ccnc3c(C(F)(F)F)cccc23)CC1.CC[C@H](CC(=O)c1ccc(OC)nc1)C1CCC(c2ccnc3c(C(F)(F)F)cccc23)CC1. The molecule has 0 N–H and O–H groups in total. The van der Waals surface area contributed by atoms with Gasteiger partial charge in [0.1, 0.15) is 0 Å². The first-order valence-electron chi connectivity index (χ1n) is 23.6. The zero-order valence-electron chi connectivity index (χ0n) is 38.9. The van der Waals surface area contributed by atoms with E-state index in [0.717, 1.165) is 87.5 Å². The fourth-order valence-electron chi connectivity index (χ4n) is 10.7. The molecule has 0 bridgehead atoms. The first-order chi connectivity index (χ1) is 32.6. The molecule has 2 aromatic carbocycles. The standard InChI is InChI=1S/2C27H29F3N2O2/c2*1-3-17(15-24(33)20-11-12-25(34-2)32-16-20)18-7-9-19(10-8-18)21-13-14-31-26-22(21)5-4-6-23(26)27(28,29)30/h2*4-6,11-14,16-19H,3,7-10,15H2,1-2H3/t2*17-,18?,19?/m10/s1. The Morgan fingerprint density at radius 3 is 1.24 bits per heavy atom. The summed E-state index contributed by atoms with van der Waals surface area (Å²) in [5, 5.41) is 1.19. The molecule has 0 radical (unpaired) electrons. The van der Waals surface area contributed by atoms with Gasteiger partial charge in [-0.3, -0.25) is 19.6 Å². The van der Waals surface area contributed by atoms with Crippen LogP contribution in [0.2, 0.25) is 0 Å². The molecule has 2 aliphatic carbocycles. The second-order valence-corrected chi connectivity index (χ2v) is 18.2. The van der Waals surface area contributed by atoms with Crippen molar-refractivity contribution in [2.45, 2.75) is 115 Å². The first kappa shape index (κ1) is 50.0. The Hall–Kier alpha value is -5.92. The monoisotopic (exact) mass is 940 g/mol. The Kier molecular flexibility index (Phi) is 16.2. The molecule has 2 atom stereocenters. The van der Waals surface area contributed by atoms with Gasteiger partial charge in [-0.2, -0.15) is 26.3 Å². The molecule has 2 aliphatic rings. The molecule has 68 heavy (non-hydrogen) atoms. The number of ether oxygens (including phenoxy) is 2. The summed E-state index contributed by atoms with van der Waals surface area (Å²) in [6.07, 6.45) is 7.48. The maximum atomic E-state index is 13.5. The molecular formula is C54H58F6N4O4. The number of pyridine rings is 4. The highest BCUT2D eigenvalue weighted by atomic mass is 19.4. The van der Waals surface area contributed by atoms with Crippen molar-refractivity contribution in [2.75, 3.05) is 14.2 Å². The third-order valence-corrected chi connectivity index (χ3v) is 14.5. The summed E-state index contributed by atoms with van der Waals surface area (Å²) in [5.74, 6) is 2.94. The number of alkyl halides is 6. The van der Waals surface area contributed by atoms with Gasteiger partial charge in [0.2, 0.25) is 11.8 Å². The number of aromatic nitrogens is 4. The van der Waals surface area contributed by atoms with Crippen LogP contribution in [0.4, 0.5) is 26.3 Å². The van der Waals surface area contributed by atoms with Crippen LogP contribution >= 0.6 is 0 Å². The number of benzene rings is 2. The van der Waals surface area contributed by atoms with E-state index in [-0.39, 0.29) is 46.3 Å². The number of carbonyl (C=O) groups excluding carboxylic acids is 2. The molecule has 8 nitrogen and oxygen atoms in total. The summed E-state index contributed by atoms with van der Waals surface area (Å²) >= 11 is 0.